The summed E-state index contributed by atoms with van der Waals surface area (Å²) in [6.45, 7) is 1.04. The average molecular weight is 626 g/mol. The highest BCUT2D eigenvalue weighted by Crippen LogP contribution is 2.44. The molecule has 212 valence electrons. The topological polar surface area (TPSA) is 83.6 Å². The number of thiophene rings is 1. The average Bonchev–Trinajstić information content (AvgIpc) is 3.43. The van der Waals surface area contributed by atoms with E-state index in [4.69, 9.17) is 34.0 Å². The molecule has 3 aromatic carbocycles. The number of thioether (sulfide) groups is 1. The Bertz CT molecular complexity index is 1530. The molecule has 0 atom stereocenters. The molecule has 5 rings (SSSR count). The standard InChI is InChI=1S/C32H30Cl2N2O3S2/c33-23-9-12-25(27(34)19-23)29-26(21-7-10-24(11-8-21)40-18-4-17-37)20-28(41-29)30(38)36-15-13-32(14-16-36,31(35)39)22-5-2-1-3-6-22/h1-3,5-12,19-20,37H,4,13-18H2,(H2,35,39). The predicted molar refractivity (Wildman–Crippen MR) is 170 cm³/mol. The number of hydrogen-bond donors (Lipinski definition) is 2. The van der Waals surface area contributed by atoms with Gasteiger partial charge in [-0.1, -0.05) is 71.7 Å². The maximum Gasteiger partial charge on any atom is 0.263 e. The highest BCUT2D eigenvalue weighted by atomic mass is 35.5. The van der Waals surface area contributed by atoms with E-state index in [0.29, 0.717) is 40.9 Å². The van der Waals surface area contributed by atoms with Crippen LogP contribution in [0.25, 0.3) is 21.6 Å². The molecule has 0 unspecified atom stereocenters. The molecule has 0 aliphatic carbocycles. The van der Waals surface area contributed by atoms with Crippen LogP contribution in [0.4, 0.5) is 0 Å². The quantitative estimate of drug-likeness (QED) is 0.149. The molecule has 9 heteroatoms. The van der Waals surface area contributed by atoms with Crippen LogP contribution in [-0.4, -0.2) is 47.3 Å². The smallest absolute Gasteiger partial charge is 0.263 e. The Labute approximate surface area is 258 Å². The number of piperidine rings is 1. The van der Waals surface area contributed by atoms with Crippen molar-refractivity contribution in [2.45, 2.75) is 29.6 Å². The van der Waals surface area contributed by atoms with Gasteiger partial charge in [-0.25, -0.2) is 0 Å². The molecule has 5 nitrogen and oxygen atoms in total. The van der Waals surface area contributed by atoms with Gasteiger partial charge in [-0.3, -0.25) is 9.59 Å². The van der Waals surface area contributed by atoms with Crippen LogP contribution < -0.4 is 5.73 Å². The Balaban J connectivity index is 1.44. The van der Waals surface area contributed by atoms with Gasteiger partial charge in [0.1, 0.15) is 0 Å². The Morgan fingerprint density at radius 1 is 0.951 bits per heavy atom. The first kappa shape index (κ1) is 29.7. The number of halogens is 2. The van der Waals surface area contributed by atoms with Crippen molar-refractivity contribution >= 4 is 58.1 Å². The first-order valence-corrected chi connectivity index (χ1v) is 16.0. The summed E-state index contributed by atoms with van der Waals surface area (Å²) in [5.74, 6) is 0.414. The van der Waals surface area contributed by atoms with E-state index in [2.05, 4.69) is 12.1 Å². The molecule has 2 heterocycles. The number of nitrogens with two attached hydrogens (primary N) is 1. The minimum absolute atomic E-state index is 0.0742. The number of nitrogens with zero attached hydrogens (tertiary/aromatic N) is 1. The van der Waals surface area contributed by atoms with E-state index >= 15 is 0 Å². The lowest BCUT2D eigenvalue weighted by atomic mass is 9.72. The number of aliphatic hydroxyl groups excluding tert-OH is 1. The summed E-state index contributed by atoms with van der Waals surface area (Å²) < 4.78 is 0. The second kappa shape index (κ2) is 13.0. The highest BCUT2D eigenvalue weighted by Gasteiger charge is 2.42. The van der Waals surface area contributed by atoms with Crippen LogP contribution in [0, 0.1) is 0 Å². The number of benzene rings is 3. The second-order valence-corrected chi connectivity index (χ2v) is 13.1. The molecule has 2 amide bonds. The molecule has 0 radical (unpaired) electrons. The van der Waals surface area contributed by atoms with Crippen molar-refractivity contribution < 1.29 is 14.7 Å². The molecule has 0 spiro atoms. The third-order valence-electron chi connectivity index (χ3n) is 7.56. The van der Waals surface area contributed by atoms with Gasteiger partial charge in [0.05, 0.1) is 15.3 Å². The lowest BCUT2D eigenvalue weighted by Crippen LogP contribution is -2.51. The Hall–Kier alpha value is -2.81. The maximum absolute atomic E-state index is 13.8. The number of aliphatic hydroxyl groups is 1. The summed E-state index contributed by atoms with van der Waals surface area (Å²) >= 11 is 15.9. The van der Waals surface area contributed by atoms with E-state index in [0.717, 1.165) is 44.2 Å². The zero-order valence-corrected chi connectivity index (χ0v) is 25.5. The molecule has 1 aliphatic rings. The number of primary amides is 1. The molecular weight excluding hydrogens is 595 g/mol. The normalized spacial score (nSPS) is 14.7. The fourth-order valence-electron chi connectivity index (χ4n) is 5.25. The van der Waals surface area contributed by atoms with Crippen molar-refractivity contribution in [3.05, 3.63) is 99.3 Å². The summed E-state index contributed by atoms with van der Waals surface area (Å²) in [6, 6.07) is 25.2. The van der Waals surface area contributed by atoms with Crippen LogP contribution in [0.2, 0.25) is 10.0 Å². The fraction of sp³-hybridized carbons (Fsp3) is 0.250. The summed E-state index contributed by atoms with van der Waals surface area (Å²) in [4.78, 5) is 30.9. The molecule has 1 aliphatic heterocycles. The van der Waals surface area contributed by atoms with Crippen LogP contribution in [0.3, 0.4) is 0 Å². The van der Waals surface area contributed by atoms with Gasteiger partial charge in [-0.15, -0.1) is 23.1 Å². The predicted octanol–water partition coefficient (Wildman–Crippen LogP) is 7.52. The summed E-state index contributed by atoms with van der Waals surface area (Å²) in [7, 11) is 0. The van der Waals surface area contributed by atoms with Crippen molar-refractivity contribution in [3.63, 3.8) is 0 Å². The molecular formula is C32H30Cl2N2O3S2. The summed E-state index contributed by atoms with van der Waals surface area (Å²) in [5, 5.41) is 10.1. The maximum atomic E-state index is 13.8. The van der Waals surface area contributed by atoms with Crippen LogP contribution in [0.1, 0.15) is 34.5 Å². The van der Waals surface area contributed by atoms with Crippen molar-refractivity contribution in [1.82, 2.24) is 4.90 Å². The van der Waals surface area contributed by atoms with E-state index < -0.39 is 5.41 Å². The van der Waals surface area contributed by atoms with Gasteiger partial charge >= 0.3 is 0 Å². The zero-order valence-electron chi connectivity index (χ0n) is 22.3. The number of amides is 2. The first-order chi connectivity index (χ1) is 19.8. The van der Waals surface area contributed by atoms with E-state index in [1.165, 1.54) is 11.3 Å². The van der Waals surface area contributed by atoms with Gasteiger partial charge in [-0.05, 0) is 60.7 Å². The molecule has 1 aromatic heterocycles. The van der Waals surface area contributed by atoms with E-state index in [9.17, 15) is 9.59 Å². The SMILES string of the molecule is NC(=O)C1(c2ccccc2)CCN(C(=O)c2cc(-c3ccc(SCCCO)cc3)c(-c3ccc(Cl)cc3Cl)s2)CC1. The monoisotopic (exact) mass is 624 g/mol. The summed E-state index contributed by atoms with van der Waals surface area (Å²) in [5.41, 5.74) is 8.74. The van der Waals surface area contributed by atoms with Crippen LogP contribution in [-0.2, 0) is 10.2 Å². The third kappa shape index (κ3) is 6.35. The number of carbonyl (C=O) groups is 2. The van der Waals surface area contributed by atoms with Gasteiger partial charge in [0, 0.05) is 51.4 Å². The van der Waals surface area contributed by atoms with Crippen molar-refractivity contribution in [1.29, 1.82) is 0 Å². The Morgan fingerprint density at radius 3 is 2.29 bits per heavy atom. The van der Waals surface area contributed by atoms with Crippen molar-refractivity contribution in [2.24, 2.45) is 5.73 Å². The minimum atomic E-state index is -0.780. The second-order valence-electron chi connectivity index (χ2n) is 10.0. The van der Waals surface area contributed by atoms with Gasteiger partial charge in [-0.2, -0.15) is 0 Å². The largest absolute Gasteiger partial charge is 0.396 e. The lowest BCUT2D eigenvalue weighted by Gasteiger charge is -2.40. The molecule has 4 aromatic rings. The molecule has 41 heavy (non-hydrogen) atoms. The lowest BCUT2D eigenvalue weighted by molar-refractivity contribution is -0.125. The third-order valence-corrected chi connectivity index (χ3v) is 10.4. The number of rotatable bonds is 9. The Kier molecular flexibility index (Phi) is 9.42. The fourth-order valence-corrected chi connectivity index (χ4v) is 7.84. The minimum Gasteiger partial charge on any atom is -0.396 e. The van der Waals surface area contributed by atoms with Gasteiger partial charge in [0.25, 0.3) is 5.91 Å². The van der Waals surface area contributed by atoms with Crippen LogP contribution in [0.5, 0.6) is 0 Å². The van der Waals surface area contributed by atoms with Crippen molar-refractivity contribution in [3.8, 4) is 21.6 Å². The molecule has 3 N–H and O–H groups in total. The van der Waals surface area contributed by atoms with Crippen molar-refractivity contribution in [2.75, 3.05) is 25.4 Å². The first-order valence-electron chi connectivity index (χ1n) is 13.4. The van der Waals surface area contributed by atoms with Crippen LogP contribution >= 0.6 is 46.3 Å². The van der Waals surface area contributed by atoms with E-state index in [1.54, 1.807) is 23.9 Å². The Morgan fingerprint density at radius 2 is 1.66 bits per heavy atom. The van der Waals surface area contributed by atoms with E-state index in [1.807, 2.05) is 59.5 Å². The van der Waals surface area contributed by atoms with E-state index in [-0.39, 0.29) is 18.4 Å². The van der Waals surface area contributed by atoms with Gasteiger partial charge < -0.3 is 15.7 Å². The van der Waals surface area contributed by atoms with Gasteiger partial charge in [0.2, 0.25) is 5.91 Å². The number of carbonyl (C=O) groups excluding carboxylic acids is 2. The molecule has 0 bridgehead atoms. The molecule has 0 saturated carbocycles. The molecule has 1 fully saturated rings. The highest BCUT2D eigenvalue weighted by molar-refractivity contribution is 7.99. The summed E-state index contributed by atoms with van der Waals surface area (Å²) in [6.07, 6.45) is 1.69. The number of likely N-dealkylation sites (tertiary alicyclic amines) is 1. The molecule has 1 saturated heterocycles. The number of hydrogen-bond acceptors (Lipinski definition) is 5. The van der Waals surface area contributed by atoms with Crippen LogP contribution in [0.15, 0.2) is 83.8 Å². The zero-order chi connectivity index (χ0) is 29.0. The van der Waals surface area contributed by atoms with Gasteiger partial charge in [0.15, 0.2) is 0 Å².